The van der Waals surface area contributed by atoms with Crippen LogP contribution in [0.4, 0.5) is 0 Å². The number of hydrogen-bond acceptors (Lipinski definition) is 7. The van der Waals surface area contributed by atoms with E-state index in [2.05, 4.69) is 10.3 Å². The van der Waals surface area contributed by atoms with Gasteiger partial charge in [0.1, 0.15) is 10.8 Å². The Kier molecular flexibility index (Phi) is 4.44. The van der Waals surface area contributed by atoms with E-state index in [1.807, 2.05) is 0 Å². The number of hydrogen-bond donors (Lipinski definition) is 1. The van der Waals surface area contributed by atoms with Gasteiger partial charge >= 0.3 is 18.9 Å². The third-order valence-electron chi connectivity index (χ3n) is 3.26. The van der Waals surface area contributed by atoms with Crippen molar-refractivity contribution in [2.45, 2.75) is 5.25 Å². The number of aromatic carboxylic acids is 1. The molecule has 21 heavy (non-hydrogen) atoms. The standard InChI is InChI=1S/C12H12N2O5S.Li/c15-12(16)7-2-1-3-8-10(7)14-11(19-8)9-6-13-4-5-20(9,17)18;/h1-3,9,13H,4-6H2,(H,15,16);/q;+1/p-1. The Hall–Kier alpha value is -1.33. The predicted molar refractivity (Wildman–Crippen MR) is 67.7 cm³/mol. The molecule has 1 atom stereocenters. The van der Waals surface area contributed by atoms with Gasteiger partial charge in [-0.05, 0) is 6.07 Å². The van der Waals surface area contributed by atoms with Crippen LogP contribution in [0.2, 0.25) is 0 Å². The molecule has 1 aromatic heterocycles. The first-order valence-corrected chi connectivity index (χ1v) is 7.73. The number of benzene rings is 1. The van der Waals surface area contributed by atoms with Crippen LogP contribution in [0.1, 0.15) is 21.5 Å². The second-order valence-electron chi connectivity index (χ2n) is 4.55. The molecule has 1 aliphatic rings. The van der Waals surface area contributed by atoms with E-state index in [9.17, 15) is 18.3 Å². The van der Waals surface area contributed by atoms with E-state index in [1.165, 1.54) is 12.1 Å². The van der Waals surface area contributed by atoms with E-state index in [0.29, 0.717) is 6.54 Å². The van der Waals surface area contributed by atoms with Crippen molar-refractivity contribution in [2.75, 3.05) is 18.8 Å². The van der Waals surface area contributed by atoms with Crippen LogP contribution in [0.25, 0.3) is 11.1 Å². The number of sulfone groups is 1. The summed E-state index contributed by atoms with van der Waals surface area (Å²) in [5.41, 5.74) is 0.240. The maximum Gasteiger partial charge on any atom is 1.00 e. The average Bonchev–Trinajstić information content (AvgIpc) is 2.80. The smallest absolute Gasteiger partial charge is 0.545 e. The molecular formula is C12H11LiN2O5S. The quantitative estimate of drug-likeness (QED) is 0.567. The summed E-state index contributed by atoms with van der Waals surface area (Å²) >= 11 is 0. The number of fused-ring (bicyclic) bond motifs is 1. The van der Waals surface area contributed by atoms with Crippen molar-refractivity contribution in [3.8, 4) is 0 Å². The molecule has 1 N–H and O–H groups in total. The monoisotopic (exact) mass is 302 g/mol. The largest absolute Gasteiger partial charge is 1.00 e. The first kappa shape index (κ1) is 16.0. The fourth-order valence-corrected chi connectivity index (χ4v) is 3.72. The summed E-state index contributed by atoms with van der Waals surface area (Å²) in [7, 11) is -3.34. The topological polar surface area (TPSA) is 112 Å². The Labute approximate surface area is 132 Å². The van der Waals surface area contributed by atoms with Crippen molar-refractivity contribution in [3.63, 3.8) is 0 Å². The molecular weight excluding hydrogens is 291 g/mol. The van der Waals surface area contributed by atoms with Crippen molar-refractivity contribution in [1.29, 1.82) is 0 Å². The van der Waals surface area contributed by atoms with Crippen LogP contribution in [0, 0.1) is 0 Å². The SMILES string of the molecule is O=C([O-])c1cccc2oc(C3CNCCS3(=O)=O)nc12.[Li+]. The number of nitrogens with one attached hydrogen (secondary N) is 1. The summed E-state index contributed by atoms with van der Waals surface area (Å²) in [6.45, 7) is 0.596. The third-order valence-corrected chi connectivity index (χ3v) is 5.27. The molecule has 1 unspecified atom stereocenters. The molecule has 0 spiro atoms. The van der Waals surface area contributed by atoms with Crippen molar-refractivity contribution in [1.82, 2.24) is 10.3 Å². The molecule has 7 nitrogen and oxygen atoms in total. The average molecular weight is 302 g/mol. The molecule has 9 heteroatoms. The molecule has 0 saturated carbocycles. The minimum atomic E-state index is -3.34. The van der Waals surface area contributed by atoms with Gasteiger partial charge in [-0.1, -0.05) is 12.1 Å². The molecule has 106 valence electrons. The molecule has 1 saturated heterocycles. The van der Waals surface area contributed by atoms with Gasteiger partial charge in [-0.15, -0.1) is 0 Å². The molecule has 0 amide bonds. The molecule has 1 fully saturated rings. The Morgan fingerprint density at radius 2 is 2.19 bits per heavy atom. The van der Waals surface area contributed by atoms with Crippen molar-refractivity contribution in [2.24, 2.45) is 0 Å². The van der Waals surface area contributed by atoms with Gasteiger partial charge < -0.3 is 19.6 Å². The summed E-state index contributed by atoms with van der Waals surface area (Å²) in [4.78, 5) is 15.1. The molecule has 1 aliphatic heterocycles. The molecule has 3 rings (SSSR count). The maximum absolute atomic E-state index is 12.0. The normalized spacial score (nSPS) is 20.9. The zero-order valence-corrected chi connectivity index (χ0v) is 12.1. The van der Waals surface area contributed by atoms with E-state index in [1.54, 1.807) is 6.07 Å². The first-order chi connectivity index (χ1) is 9.49. The van der Waals surface area contributed by atoms with Crippen LogP contribution in [-0.2, 0) is 9.84 Å². The van der Waals surface area contributed by atoms with Crippen LogP contribution in [0.3, 0.4) is 0 Å². The molecule has 2 aromatic rings. The second kappa shape index (κ2) is 5.81. The summed E-state index contributed by atoms with van der Waals surface area (Å²) in [5, 5.41) is 13.1. The van der Waals surface area contributed by atoms with E-state index >= 15 is 0 Å². The predicted octanol–water partition coefficient (Wildman–Crippen LogP) is -3.75. The second-order valence-corrected chi connectivity index (χ2v) is 6.85. The van der Waals surface area contributed by atoms with Crippen molar-refractivity contribution >= 4 is 26.9 Å². The number of carbonyl (C=O) groups is 1. The van der Waals surface area contributed by atoms with Crippen molar-refractivity contribution in [3.05, 3.63) is 29.7 Å². The maximum atomic E-state index is 12.0. The van der Waals surface area contributed by atoms with E-state index in [-0.39, 0.29) is 53.7 Å². The van der Waals surface area contributed by atoms with Crippen molar-refractivity contribution < 1.29 is 41.6 Å². The molecule has 0 radical (unpaired) electrons. The Morgan fingerprint density at radius 1 is 1.43 bits per heavy atom. The molecule has 1 aromatic carbocycles. The van der Waals surface area contributed by atoms with Crippen LogP contribution >= 0.6 is 0 Å². The fraction of sp³-hybridized carbons (Fsp3) is 0.333. The number of carboxylic acid groups (broad SMARTS) is 1. The van der Waals surface area contributed by atoms with Gasteiger partial charge in [0.15, 0.2) is 15.4 Å². The third kappa shape index (κ3) is 2.85. The fourth-order valence-electron chi connectivity index (χ4n) is 2.23. The minimum Gasteiger partial charge on any atom is -0.545 e. The molecule has 0 bridgehead atoms. The van der Waals surface area contributed by atoms with E-state index in [4.69, 9.17) is 4.42 Å². The Balaban J connectivity index is 0.00000161. The molecule has 0 aliphatic carbocycles. The number of oxazole rings is 1. The van der Waals surface area contributed by atoms with Crippen LogP contribution in [0.15, 0.2) is 22.6 Å². The number of carboxylic acids is 1. The summed E-state index contributed by atoms with van der Waals surface area (Å²) in [6, 6.07) is 4.38. The number of aromatic nitrogens is 1. The summed E-state index contributed by atoms with van der Waals surface area (Å²) < 4.78 is 29.4. The number of nitrogens with zero attached hydrogens (tertiary/aromatic N) is 1. The Bertz CT molecular complexity index is 786. The summed E-state index contributed by atoms with van der Waals surface area (Å²) in [5.74, 6) is -1.36. The van der Waals surface area contributed by atoms with Gasteiger partial charge in [-0.2, -0.15) is 0 Å². The van der Waals surface area contributed by atoms with Crippen LogP contribution in [0.5, 0.6) is 0 Å². The molecule has 2 heterocycles. The van der Waals surface area contributed by atoms with E-state index in [0.717, 1.165) is 0 Å². The summed E-state index contributed by atoms with van der Waals surface area (Å²) in [6.07, 6.45) is 0. The van der Waals surface area contributed by atoms with Gasteiger partial charge in [-0.25, -0.2) is 13.4 Å². The van der Waals surface area contributed by atoms with Gasteiger partial charge in [-0.3, -0.25) is 0 Å². The first-order valence-electron chi connectivity index (χ1n) is 6.02. The van der Waals surface area contributed by atoms with Gasteiger partial charge in [0.05, 0.1) is 11.7 Å². The van der Waals surface area contributed by atoms with Gasteiger partial charge in [0.25, 0.3) is 0 Å². The van der Waals surface area contributed by atoms with Gasteiger partial charge in [0, 0.05) is 18.7 Å². The number of para-hydroxylation sites is 1. The van der Waals surface area contributed by atoms with Crippen LogP contribution < -0.4 is 29.3 Å². The zero-order valence-electron chi connectivity index (χ0n) is 11.3. The number of rotatable bonds is 2. The zero-order chi connectivity index (χ0) is 14.3. The van der Waals surface area contributed by atoms with Gasteiger partial charge in [0.2, 0.25) is 5.89 Å². The number of carbonyl (C=O) groups excluding carboxylic acids is 1. The Morgan fingerprint density at radius 3 is 2.86 bits per heavy atom. The van der Waals surface area contributed by atoms with Crippen LogP contribution in [-0.4, -0.2) is 38.2 Å². The minimum absolute atomic E-state index is 0. The van der Waals surface area contributed by atoms with E-state index < -0.39 is 21.1 Å².